The Morgan fingerprint density at radius 1 is 1.12 bits per heavy atom. The molecular weight excluding hydrogens is 276 g/mol. The largest absolute Gasteiger partial charge is 0.392 e. The average Bonchev–Trinajstić information content (AvgIpc) is 2.38. The molecule has 0 atom stereocenters. The van der Waals surface area contributed by atoms with Gasteiger partial charge in [-0.2, -0.15) is 0 Å². The van der Waals surface area contributed by atoms with Gasteiger partial charge in [0.15, 0.2) is 0 Å². The van der Waals surface area contributed by atoms with Gasteiger partial charge in [0, 0.05) is 4.47 Å². The van der Waals surface area contributed by atoms with E-state index in [1.807, 2.05) is 18.2 Å². The van der Waals surface area contributed by atoms with Crippen LogP contribution in [-0.2, 0) is 13.0 Å². The van der Waals surface area contributed by atoms with E-state index in [9.17, 15) is 5.11 Å². The Balaban J connectivity index is 2.51. The van der Waals surface area contributed by atoms with Crippen molar-refractivity contribution in [3.63, 3.8) is 0 Å². The van der Waals surface area contributed by atoms with Crippen molar-refractivity contribution in [2.24, 2.45) is 0 Å². The molecule has 0 aromatic heterocycles. The van der Waals surface area contributed by atoms with Gasteiger partial charge in [0.25, 0.3) is 0 Å². The lowest BCUT2D eigenvalue weighted by atomic mass is 9.97. The van der Waals surface area contributed by atoms with E-state index in [1.54, 1.807) is 0 Å². The SMILES string of the molecule is CCc1cc(Br)ccc1-c1cccc(CO)c1. The molecule has 2 rings (SSSR count). The molecule has 2 heteroatoms. The van der Waals surface area contributed by atoms with Gasteiger partial charge in [0.2, 0.25) is 0 Å². The molecule has 17 heavy (non-hydrogen) atoms. The zero-order valence-corrected chi connectivity index (χ0v) is 11.4. The fourth-order valence-electron chi connectivity index (χ4n) is 1.97. The molecular formula is C15H15BrO. The summed E-state index contributed by atoms with van der Waals surface area (Å²) in [5.74, 6) is 0. The molecule has 0 unspecified atom stereocenters. The number of hydrogen-bond donors (Lipinski definition) is 1. The highest BCUT2D eigenvalue weighted by Gasteiger charge is 2.05. The lowest BCUT2D eigenvalue weighted by Gasteiger charge is -2.09. The van der Waals surface area contributed by atoms with Gasteiger partial charge >= 0.3 is 0 Å². The predicted octanol–water partition coefficient (Wildman–Crippen LogP) is 4.17. The van der Waals surface area contributed by atoms with E-state index in [4.69, 9.17) is 0 Å². The lowest BCUT2D eigenvalue weighted by molar-refractivity contribution is 0.282. The van der Waals surface area contributed by atoms with Crippen LogP contribution in [0.2, 0.25) is 0 Å². The molecule has 0 radical (unpaired) electrons. The summed E-state index contributed by atoms with van der Waals surface area (Å²) in [6, 6.07) is 14.4. The van der Waals surface area contributed by atoms with Crippen molar-refractivity contribution >= 4 is 15.9 Å². The smallest absolute Gasteiger partial charge is 0.0682 e. The van der Waals surface area contributed by atoms with Crippen LogP contribution in [0.4, 0.5) is 0 Å². The summed E-state index contributed by atoms with van der Waals surface area (Å²) in [4.78, 5) is 0. The van der Waals surface area contributed by atoms with Crippen LogP contribution >= 0.6 is 15.9 Å². The van der Waals surface area contributed by atoms with Crippen LogP contribution in [0.15, 0.2) is 46.9 Å². The van der Waals surface area contributed by atoms with Gasteiger partial charge in [0.05, 0.1) is 6.61 Å². The molecule has 0 aliphatic heterocycles. The Morgan fingerprint density at radius 3 is 2.65 bits per heavy atom. The summed E-state index contributed by atoms with van der Waals surface area (Å²) in [5, 5.41) is 9.17. The highest BCUT2D eigenvalue weighted by Crippen LogP contribution is 2.27. The fraction of sp³-hybridized carbons (Fsp3) is 0.200. The molecule has 0 heterocycles. The van der Waals surface area contributed by atoms with Crippen LogP contribution in [0.1, 0.15) is 18.1 Å². The van der Waals surface area contributed by atoms with Crippen LogP contribution in [0.3, 0.4) is 0 Å². The highest BCUT2D eigenvalue weighted by atomic mass is 79.9. The molecule has 0 amide bonds. The number of halogens is 1. The summed E-state index contributed by atoms with van der Waals surface area (Å²) >= 11 is 3.50. The van der Waals surface area contributed by atoms with Gasteiger partial charge in [-0.3, -0.25) is 0 Å². The molecule has 1 N–H and O–H groups in total. The van der Waals surface area contributed by atoms with Gasteiger partial charge in [0.1, 0.15) is 0 Å². The summed E-state index contributed by atoms with van der Waals surface area (Å²) < 4.78 is 1.11. The lowest BCUT2D eigenvalue weighted by Crippen LogP contribution is -1.89. The van der Waals surface area contributed by atoms with Crippen LogP contribution in [-0.4, -0.2) is 5.11 Å². The van der Waals surface area contributed by atoms with Crippen molar-refractivity contribution in [3.05, 3.63) is 58.1 Å². The van der Waals surface area contributed by atoms with Gasteiger partial charge in [-0.1, -0.05) is 47.1 Å². The van der Waals surface area contributed by atoms with Gasteiger partial charge in [-0.15, -0.1) is 0 Å². The van der Waals surface area contributed by atoms with Gasteiger partial charge in [-0.05, 0) is 46.9 Å². The molecule has 2 aromatic carbocycles. The van der Waals surface area contributed by atoms with Crippen LogP contribution < -0.4 is 0 Å². The standard InChI is InChI=1S/C15H15BrO/c1-2-12-9-14(16)6-7-15(12)13-5-3-4-11(8-13)10-17/h3-9,17H,2,10H2,1H3. The van der Waals surface area contributed by atoms with Crippen molar-refractivity contribution in [2.75, 3.05) is 0 Å². The molecule has 0 spiro atoms. The Morgan fingerprint density at radius 2 is 1.94 bits per heavy atom. The zero-order valence-electron chi connectivity index (χ0n) is 9.78. The number of benzene rings is 2. The minimum atomic E-state index is 0.0891. The van der Waals surface area contributed by atoms with Crippen molar-refractivity contribution in [2.45, 2.75) is 20.0 Å². The van der Waals surface area contributed by atoms with Gasteiger partial charge in [-0.25, -0.2) is 0 Å². The average molecular weight is 291 g/mol. The Bertz CT molecular complexity index is 520. The Labute approximate surface area is 110 Å². The zero-order chi connectivity index (χ0) is 12.3. The second-order valence-electron chi connectivity index (χ2n) is 4.01. The first-order chi connectivity index (χ1) is 8.24. The molecule has 0 bridgehead atoms. The van der Waals surface area contributed by atoms with E-state index in [-0.39, 0.29) is 6.61 Å². The first kappa shape index (κ1) is 12.3. The topological polar surface area (TPSA) is 20.2 Å². The maximum absolute atomic E-state index is 9.17. The number of aryl methyl sites for hydroxylation is 1. The third-order valence-corrected chi connectivity index (χ3v) is 3.36. The molecule has 0 saturated heterocycles. The molecule has 0 saturated carbocycles. The summed E-state index contributed by atoms with van der Waals surface area (Å²) in [7, 11) is 0. The first-order valence-corrected chi connectivity index (χ1v) is 6.52. The van der Waals surface area contributed by atoms with E-state index in [0.29, 0.717) is 0 Å². The van der Waals surface area contributed by atoms with Crippen molar-refractivity contribution in [1.82, 2.24) is 0 Å². The quantitative estimate of drug-likeness (QED) is 0.899. The van der Waals surface area contributed by atoms with E-state index in [2.05, 4.69) is 47.1 Å². The first-order valence-electron chi connectivity index (χ1n) is 5.73. The Kier molecular flexibility index (Phi) is 3.97. The molecule has 88 valence electrons. The van der Waals surface area contributed by atoms with E-state index >= 15 is 0 Å². The van der Waals surface area contributed by atoms with Crippen LogP contribution in [0, 0.1) is 0 Å². The van der Waals surface area contributed by atoms with E-state index < -0.39 is 0 Å². The number of aliphatic hydroxyl groups excluding tert-OH is 1. The van der Waals surface area contributed by atoms with Crippen LogP contribution in [0.25, 0.3) is 11.1 Å². The van der Waals surface area contributed by atoms with Crippen molar-refractivity contribution in [3.8, 4) is 11.1 Å². The summed E-state index contributed by atoms with van der Waals surface area (Å²) in [6.45, 7) is 2.24. The predicted molar refractivity (Wildman–Crippen MR) is 74.9 cm³/mol. The third-order valence-electron chi connectivity index (χ3n) is 2.87. The van der Waals surface area contributed by atoms with Crippen molar-refractivity contribution in [1.29, 1.82) is 0 Å². The van der Waals surface area contributed by atoms with E-state index in [0.717, 1.165) is 16.5 Å². The molecule has 0 fully saturated rings. The summed E-state index contributed by atoms with van der Waals surface area (Å²) in [5.41, 5.74) is 4.67. The normalized spacial score (nSPS) is 10.5. The highest BCUT2D eigenvalue weighted by molar-refractivity contribution is 9.10. The number of rotatable bonds is 3. The molecule has 0 aliphatic rings. The number of hydrogen-bond acceptors (Lipinski definition) is 1. The maximum atomic E-state index is 9.17. The third kappa shape index (κ3) is 2.76. The molecule has 2 aromatic rings. The van der Waals surface area contributed by atoms with Crippen molar-refractivity contribution < 1.29 is 5.11 Å². The van der Waals surface area contributed by atoms with Gasteiger partial charge < -0.3 is 5.11 Å². The monoisotopic (exact) mass is 290 g/mol. The molecule has 0 aliphatic carbocycles. The second kappa shape index (κ2) is 5.48. The number of aliphatic hydroxyl groups is 1. The van der Waals surface area contributed by atoms with E-state index in [1.165, 1.54) is 16.7 Å². The van der Waals surface area contributed by atoms with Crippen LogP contribution in [0.5, 0.6) is 0 Å². The minimum Gasteiger partial charge on any atom is -0.392 e. The fourth-order valence-corrected chi connectivity index (χ4v) is 2.38. The second-order valence-corrected chi connectivity index (χ2v) is 4.93. The summed E-state index contributed by atoms with van der Waals surface area (Å²) in [6.07, 6.45) is 0.998. The Hall–Kier alpha value is -1.12. The molecule has 1 nitrogen and oxygen atoms in total. The minimum absolute atomic E-state index is 0.0891. The maximum Gasteiger partial charge on any atom is 0.0682 e.